The predicted molar refractivity (Wildman–Crippen MR) is 48.9 cm³/mol. The molecule has 0 aliphatic rings. The molecule has 0 aliphatic carbocycles. The van der Waals surface area contributed by atoms with Crippen LogP contribution in [0.1, 0.15) is 13.2 Å². The van der Waals surface area contributed by atoms with Crippen LogP contribution in [0.5, 0.6) is 0 Å². The van der Waals surface area contributed by atoms with Crippen LogP contribution in [0.15, 0.2) is 30.7 Å². The fourth-order valence-corrected chi connectivity index (χ4v) is 1.19. The van der Waals surface area contributed by atoms with Crippen molar-refractivity contribution in [1.29, 1.82) is 0 Å². The number of aliphatic hydroxyl groups excluding tert-OH is 1. The average molecular weight is 177 g/mol. The highest BCUT2D eigenvalue weighted by molar-refractivity contribution is 5.56. The summed E-state index contributed by atoms with van der Waals surface area (Å²) in [5, 5.41) is 13.2. The van der Waals surface area contributed by atoms with Crippen LogP contribution in [0.3, 0.4) is 0 Å². The van der Waals surface area contributed by atoms with Crippen molar-refractivity contribution in [3.8, 4) is 11.3 Å². The van der Waals surface area contributed by atoms with Crippen LogP contribution >= 0.6 is 0 Å². The van der Waals surface area contributed by atoms with E-state index >= 15 is 0 Å². The van der Waals surface area contributed by atoms with Crippen LogP contribution in [0.2, 0.25) is 0 Å². The van der Waals surface area contributed by atoms with Gasteiger partial charge in [-0.25, -0.2) is 4.68 Å². The Kier molecular flexibility index (Phi) is 1.90. The van der Waals surface area contributed by atoms with Crippen LogP contribution in [0.25, 0.3) is 11.3 Å². The zero-order valence-corrected chi connectivity index (χ0v) is 7.31. The first-order valence-electron chi connectivity index (χ1n) is 4.13. The lowest BCUT2D eigenvalue weighted by Gasteiger charge is -2.01. The molecular weight excluding hydrogens is 166 g/mol. The molecule has 0 fully saturated rings. The Morgan fingerprint density at radius 3 is 3.00 bits per heavy atom. The molecule has 2 aromatic heterocycles. The Hall–Kier alpha value is -1.55. The van der Waals surface area contributed by atoms with Gasteiger partial charge in [-0.05, 0) is 19.1 Å². The van der Waals surface area contributed by atoms with E-state index in [1.165, 1.54) is 4.68 Å². The van der Waals surface area contributed by atoms with Gasteiger partial charge >= 0.3 is 0 Å². The highest BCUT2D eigenvalue weighted by atomic mass is 16.3. The minimum absolute atomic E-state index is 0.580. The molecule has 68 valence electrons. The molecule has 0 spiro atoms. The van der Waals surface area contributed by atoms with Crippen molar-refractivity contribution in [3.63, 3.8) is 0 Å². The van der Waals surface area contributed by atoms with Gasteiger partial charge in [0.15, 0.2) is 0 Å². The Bertz CT molecular complexity index is 375. The molecule has 0 bridgehead atoms. The number of hydrogen-bond donors (Lipinski definition) is 2. The van der Waals surface area contributed by atoms with E-state index in [9.17, 15) is 5.11 Å². The highest BCUT2D eigenvalue weighted by Gasteiger charge is 2.04. The van der Waals surface area contributed by atoms with Crippen molar-refractivity contribution in [1.82, 2.24) is 14.8 Å². The molecule has 0 saturated heterocycles. The first-order chi connectivity index (χ1) is 6.27. The standard InChI is InChI=1S/C9H11N3O/c1-7(13)12-6-8(5-11-12)9-3-2-4-10-9/h2-7,10,13H,1H3. The van der Waals surface area contributed by atoms with Gasteiger partial charge in [0.2, 0.25) is 0 Å². The molecule has 0 radical (unpaired) electrons. The van der Waals surface area contributed by atoms with Gasteiger partial charge < -0.3 is 10.1 Å². The summed E-state index contributed by atoms with van der Waals surface area (Å²) in [6, 6.07) is 3.89. The summed E-state index contributed by atoms with van der Waals surface area (Å²) in [5.74, 6) is 0. The van der Waals surface area contributed by atoms with Crippen LogP contribution in [0, 0.1) is 0 Å². The maximum Gasteiger partial charge on any atom is 0.144 e. The zero-order chi connectivity index (χ0) is 9.26. The lowest BCUT2D eigenvalue weighted by atomic mass is 10.3. The molecule has 2 heterocycles. The molecular formula is C9H11N3O. The van der Waals surface area contributed by atoms with Gasteiger partial charge in [-0.3, -0.25) is 0 Å². The summed E-state index contributed by atoms with van der Waals surface area (Å²) in [5.41, 5.74) is 1.98. The average Bonchev–Trinajstić information content (AvgIpc) is 2.75. The second-order valence-electron chi connectivity index (χ2n) is 2.92. The number of nitrogens with one attached hydrogen (secondary N) is 1. The Morgan fingerprint density at radius 1 is 1.62 bits per heavy atom. The van der Waals surface area contributed by atoms with E-state index in [0.717, 1.165) is 11.3 Å². The largest absolute Gasteiger partial charge is 0.372 e. The molecule has 4 heteroatoms. The smallest absolute Gasteiger partial charge is 0.144 e. The minimum atomic E-state index is -0.580. The summed E-state index contributed by atoms with van der Waals surface area (Å²) >= 11 is 0. The molecule has 0 saturated carbocycles. The summed E-state index contributed by atoms with van der Waals surface area (Å²) < 4.78 is 1.51. The molecule has 2 aromatic rings. The highest BCUT2D eigenvalue weighted by Crippen LogP contribution is 2.16. The SMILES string of the molecule is CC(O)n1cc(-c2ccc[nH]2)cn1. The molecule has 4 nitrogen and oxygen atoms in total. The van der Waals surface area contributed by atoms with Crippen molar-refractivity contribution in [2.45, 2.75) is 13.2 Å². The lowest BCUT2D eigenvalue weighted by Crippen LogP contribution is -2.02. The third kappa shape index (κ3) is 1.48. The summed E-state index contributed by atoms with van der Waals surface area (Å²) in [6.07, 6.45) is 4.80. The van der Waals surface area contributed by atoms with Crippen LogP contribution in [-0.2, 0) is 0 Å². The Morgan fingerprint density at radius 2 is 2.46 bits per heavy atom. The molecule has 13 heavy (non-hydrogen) atoms. The van der Waals surface area contributed by atoms with E-state index in [2.05, 4.69) is 10.1 Å². The fraction of sp³-hybridized carbons (Fsp3) is 0.222. The first-order valence-corrected chi connectivity index (χ1v) is 4.13. The molecule has 0 aliphatic heterocycles. The second-order valence-corrected chi connectivity index (χ2v) is 2.92. The van der Waals surface area contributed by atoms with Gasteiger partial charge in [-0.2, -0.15) is 5.10 Å². The topological polar surface area (TPSA) is 53.8 Å². The second kappa shape index (κ2) is 3.06. The van der Waals surface area contributed by atoms with Crippen molar-refractivity contribution < 1.29 is 5.11 Å². The van der Waals surface area contributed by atoms with Crippen molar-refractivity contribution >= 4 is 0 Å². The van der Waals surface area contributed by atoms with Crippen molar-refractivity contribution in [2.75, 3.05) is 0 Å². The summed E-state index contributed by atoms with van der Waals surface area (Å²) in [4.78, 5) is 3.07. The van der Waals surface area contributed by atoms with E-state index in [-0.39, 0.29) is 0 Å². The van der Waals surface area contributed by atoms with Gasteiger partial charge in [0.05, 0.1) is 6.20 Å². The third-order valence-electron chi connectivity index (χ3n) is 1.89. The number of rotatable bonds is 2. The van der Waals surface area contributed by atoms with Crippen LogP contribution in [0.4, 0.5) is 0 Å². The van der Waals surface area contributed by atoms with E-state index < -0.39 is 6.23 Å². The van der Waals surface area contributed by atoms with E-state index in [4.69, 9.17) is 0 Å². The molecule has 0 amide bonds. The number of aromatic nitrogens is 3. The summed E-state index contributed by atoms with van der Waals surface area (Å²) in [6.45, 7) is 1.67. The maximum atomic E-state index is 9.22. The molecule has 2 N–H and O–H groups in total. The zero-order valence-electron chi connectivity index (χ0n) is 7.31. The quantitative estimate of drug-likeness (QED) is 0.728. The number of hydrogen-bond acceptors (Lipinski definition) is 2. The van der Waals surface area contributed by atoms with E-state index in [1.807, 2.05) is 18.3 Å². The first kappa shape index (κ1) is 8.07. The monoisotopic (exact) mass is 177 g/mol. The van der Waals surface area contributed by atoms with Crippen molar-refractivity contribution in [3.05, 3.63) is 30.7 Å². The van der Waals surface area contributed by atoms with Gasteiger partial charge in [0.1, 0.15) is 6.23 Å². The Labute approximate surface area is 75.8 Å². The van der Waals surface area contributed by atoms with E-state index in [0.29, 0.717) is 0 Å². The van der Waals surface area contributed by atoms with Gasteiger partial charge in [0, 0.05) is 23.7 Å². The van der Waals surface area contributed by atoms with E-state index in [1.54, 1.807) is 19.3 Å². The van der Waals surface area contributed by atoms with Crippen LogP contribution in [-0.4, -0.2) is 19.9 Å². The molecule has 1 unspecified atom stereocenters. The maximum absolute atomic E-state index is 9.22. The van der Waals surface area contributed by atoms with Gasteiger partial charge in [-0.15, -0.1) is 0 Å². The number of nitrogens with zero attached hydrogens (tertiary/aromatic N) is 2. The number of aliphatic hydroxyl groups is 1. The van der Waals surface area contributed by atoms with Gasteiger partial charge in [-0.1, -0.05) is 0 Å². The number of H-pyrrole nitrogens is 1. The third-order valence-corrected chi connectivity index (χ3v) is 1.89. The fourth-order valence-electron chi connectivity index (χ4n) is 1.19. The lowest BCUT2D eigenvalue weighted by molar-refractivity contribution is 0.111. The number of aromatic amines is 1. The van der Waals surface area contributed by atoms with Gasteiger partial charge in [0.25, 0.3) is 0 Å². The Balaban J connectivity index is 2.33. The minimum Gasteiger partial charge on any atom is -0.372 e. The normalized spacial score (nSPS) is 13.1. The molecule has 2 rings (SSSR count). The summed E-state index contributed by atoms with van der Waals surface area (Å²) in [7, 11) is 0. The molecule has 0 aromatic carbocycles. The molecule has 1 atom stereocenters. The predicted octanol–water partition coefficient (Wildman–Crippen LogP) is 1.39. The van der Waals surface area contributed by atoms with Crippen molar-refractivity contribution in [2.24, 2.45) is 0 Å². The van der Waals surface area contributed by atoms with Crippen LogP contribution < -0.4 is 0 Å².